The maximum atomic E-state index is 13.2. The van der Waals surface area contributed by atoms with Crippen LogP contribution < -0.4 is 62.4 Å². The van der Waals surface area contributed by atoms with Crippen LogP contribution in [0.3, 0.4) is 0 Å². The number of nitro groups is 4. The fraction of sp³-hybridized carbons (Fsp3) is 0.319. The maximum absolute atomic E-state index is 13.2. The first-order valence-electron chi connectivity index (χ1n) is 41.2. The molecule has 18 rings (SSSR count). The number of nitrogens with two attached hydrogens (primary N) is 1. The second-order valence-corrected chi connectivity index (χ2v) is 31.7. The molecule has 8 aromatic carbocycles. The number of aliphatic hydroxyl groups is 4. The molecule has 38 heteroatoms. The number of benzene rings is 8. The number of anilines is 1. The van der Waals surface area contributed by atoms with Crippen LogP contribution in [-0.4, -0.2) is 187 Å². The Hall–Kier alpha value is -12.2. The number of H-pyrrole nitrogens is 6. The Bertz CT molecular complexity index is 6220. The number of aromatic nitrogens is 6. The number of Topliss-reactive ketones (excluding diaryl/α,β-unsaturated/α-hetero) is 1. The van der Waals surface area contributed by atoms with E-state index in [0.29, 0.717) is 66.1 Å². The van der Waals surface area contributed by atoms with Gasteiger partial charge in [0.2, 0.25) is 13.6 Å². The Morgan fingerprint density at radius 2 is 0.682 bits per heavy atom. The Morgan fingerprint density at radius 1 is 0.402 bits per heavy atom. The summed E-state index contributed by atoms with van der Waals surface area (Å²) in [5.74, 6) is 1.07. The van der Waals surface area contributed by atoms with Gasteiger partial charge in [-0.3, -0.25) is 59.6 Å². The van der Waals surface area contributed by atoms with Crippen molar-refractivity contribution >= 4 is 152 Å². The van der Waals surface area contributed by atoms with Crippen molar-refractivity contribution in [1.82, 2.24) is 29.9 Å². The molecule has 2 aliphatic carbocycles. The minimum absolute atomic E-state index is 0. The molecule has 688 valence electrons. The number of nitrogens with zero attached hydrogens (tertiary/aromatic N) is 4. The van der Waals surface area contributed by atoms with Gasteiger partial charge in [-0.25, -0.2) is 0 Å². The van der Waals surface area contributed by atoms with Gasteiger partial charge in [-0.1, -0.05) is 53.3 Å². The van der Waals surface area contributed by atoms with E-state index in [0.717, 1.165) is 124 Å². The number of nitro benzene ring substituents is 4. The molecule has 6 atom stereocenters. The average Bonchev–Trinajstić information content (AvgIpc) is 1.59. The molecule has 6 aromatic heterocycles. The van der Waals surface area contributed by atoms with Crippen molar-refractivity contribution in [3.63, 3.8) is 0 Å². The van der Waals surface area contributed by atoms with Crippen molar-refractivity contribution < 1.29 is 133 Å². The SMILES string of the molecule is C.CC(CO)c1cc2cc(CC(=O)C3(c4ccc5c(c4)OCO5)CC3)ccc2[nH]1.CC(CO)c1cc2cc(N)ccc2[nH]1.CC(CO)c1cc2cc([N+](=O)[O-])ccc2[nH]1.CC(CO)c1cc2cc([N+](=O)[O-])ccc2[nH]1.CCOC(=O)C(C)c1cc2cc([N+](=O)[O-])ccc2[nH]1.CCOC(=O)C(C)c1cc2cc([N+](=O)[O-])ccc2[nH]1.O=C(O)C1(c2ccc3c(c2)OCO3)CC1.[AlH3].[AlH3].[H-].[H-].[Li+].[Li+]. The van der Waals surface area contributed by atoms with Gasteiger partial charge in [0.15, 0.2) is 57.7 Å². The molecule has 6 unspecified atom stereocenters. The molecule has 0 radical (unpaired) electrons. The zero-order valence-corrected chi connectivity index (χ0v) is 72.9. The van der Waals surface area contributed by atoms with Gasteiger partial charge in [0.25, 0.3) is 22.7 Å². The van der Waals surface area contributed by atoms with Crippen molar-refractivity contribution in [2.45, 2.75) is 141 Å². The number of carboxylic acids is 1. The topological polar surface area (TPSA) is 518 Å². The molecule has 2 fully saturated rings. The molecule has 34 nitrogen and oxygen atoms in total. The van der Waals surface area contributed by atoms with E-state index >= 15 is 0 Å². The summed E-state index contributed by atoms with van der Waals surface area (Å²) in [6.07, 6.45) is 3.61. The third kappa shape index (κ3) is 25.3. The molecule has 14 aromatic rings. The van der Waals surface area contributed by atoms with E-state index in [9.17, 15) is 64.7 Å². The van der Waals surface area contributed by atoms with E-state index in [2.05, 4.69) is 42.0 Å². The summed E-state index contributed by atoms with van der Waals surface area (Å²) in [6, 6.07) is 52.8. The number of nitrogens with one attached hydrogen (secondary N) is 6. The second-order valence-electron chi connectivity index (χ2n) is 31.7. The van der Waals surface area contributed by atoms with Crippen molar-refractivity contribution in [2.24, 2.45) is 0 Å². The van der Waals surface area contributed by atoms with Gasteiger partial charge in [0, 0.05) is 179 Å². The Balaban J connectivity index is 0.000000277. The fourth-order valence-electron chi connectivity index (χ4n) is 14.6. The van der Waals surface area contributed by atoms with Gasteiger partial charge < -0.3 is 92.4 Å². The van der Waals surface area contributed by atoms with Crippen molar-refractivity contribution in [1.29, 1.82) is 0 Å². The zero-order chi connectivity index (χ0) is 91.3. The van der Waals surface area contributed by atoms with Crippen molar-refractivity contribution in [3.8, 4) is 23.0 Å². The van der Waals surface area contributed by atoms with E-state index in [1.807, 2.05) is 100 Å². The first kappa shape index (κ1) is 107. The molecule has 2 aliphatic heterocycles. The minimum Gasteiger partial charge on any atom is -1.00 e. The number of carbonyl (C=O) groups is 4. The van der Waals surface area contributed by atoms with Crippen LogP contribution in [0.2, 0.25) is 0 Å². The predicted molar refractivity (Wildman–Crippen MR) is 505 cm³/mol. The summed E-state index contributed by atoms with van der Waals surface area (Å²) in [6.45, 7) is 16.2. The van der Waals surface area contributed by atoms with Crippen molar-refractivity contribution in [2.75, 3.05) is 59.0 Å². The van der Waals surface area contributed by atoms with Gasteiger partial charge in [0.05, 0.1) is 82.0 Å². The number of ether oxygens (including phenoxy) is 6. The van der Waals surface area contributed by atoms with E-state index in [4.69, 9.17) is 54.6 Å². The van der Waals surface area contributed by atoms with Crippen LogP contribution in [0.5, 0.6) is 23.0 Å². The summed E-state index contributed by atoms with van der Waals surface area (Å²) in [4.78, 5) is 107. The van der Waals surface area contributed by atoms with Crippen LogP contribution in [0.4, 0.5) is 28.4 Å². The van der Waals surface area contributed by atoms with Crippen LogP contribution in [0.25, 0.3) is 65.4 Å². The number of carbonyl (C=O) groups excluding carboxylic acids is 3. The zero-order valence-electron chi connectivity index (χ0n) is 74.9. The number of ketones is 1. The van der Waals surface area contributed by atoms with Gasteiger partial charge in [0.1, 0.15) is 5.78 Å². The molecule has 13 N–H and O–H groups in total. The summed E-state index contributed by atoms with van der Waals surface area (Å²) in [5, 5.41) is 93.4. The van der Waals surface area contributed by atoms with E-state index in [-0.39, 0.29) is 192 Å². The molecule has 0 saturated heterocycles. The van der Waals surface area contributed by atoms with Crippen molar-refractivity contribution in [3.05, 3.63) is 273 Å². The number of carboxylic acid groups (broad SMARTS) is 1. The van der Waals surface area contributed by atoms with Crippen LogP contribution in [0.1, 0.15) is 178 Å². The minimum atomic E-state index is -0.749. The largest absolute Gasteiger partial charge is 1.00 e. The standard InChI is InChI=1S/C23H23NO4.2C13H14N2O4.2C11H12N2O3.C11H14N2O.C11H10O4.CH4.2Al.2Li.8H/c1-14(12-25)19-10-16-8-15(2-4-18(16)24-19)9-22(26)23(6-7-23)17-3-5-20-21(11-17)28-13-27-20;2*1-3-19-13(16)8(2)12-7-9-6-10(15(17)18)4-5-11(9)14-12;2*1-7(6-14)11-5-8-4-9(13(15)16)2-3-10(8)12-11;1-7(6-14)11-5-8-4-9(12)2-3-10(8)13-11;12-10(13)11(3-4-11)7-1-2-8-9(5-7)15-6-14-8;;;;;;;;;;;;;/h2-5,8,10-11,14,24-25H,6-7,9,12-13H2,1H3;2*4-8,14H,3H2,1-2H3;2*2-5,7,12,14H,6H2,1H3;2-5,7,13-14H,6,12H2,1H3;1-2,5H,3-4,6H2,(H,12,13);1H4;;;;;;;;;;;;/q;;;;;;;;;;2*+1;;;;;;;2*-1. The monoisotopic (exact) mass is 1830 g/mol. The Morgan fingerprint density at radius 3 is 0.985 bits per heavy atom. The smallest absolute Gasteiger partial charge is 1.00 e. The third-order valence-electron chi connectivity index (χ3n) is 22.8. The van der Waals surface area contributed by atoms with Gasteiger partial charge in [-0.15, -0.1) is 0 Å². The summed E-state index contributed by atoms with van der Waals surface area (Å²) in [7, 11) is 0. The first-order valence-corrected chi connectivity index (χ1v) is 41.2. The molecule has 0 amide bonds. The molecule has 132 heavy (non-hydrogen) atoms. The van der Waals surface area contributed by atoms with Gasteiger partial charge in [-0.05, 0) is 191 Å². The van der Waals surface area contributed by atoms with Crippen LogP contribution in [0, 0.1) is 40.5 Å². The number of fused-ring (bicyclic) bond motifs is 8. The third-order valence-corrected chi connectivity index (χ3v) is 22.8. The maximum Gasteiger partial charge on any atom is 1.00 e. The number of aliphatic hydroxyl groups excluding tert-OH is 4. The van der Waals surface area contributed by atoms with Gasteiger partial charge in [-0.2, -0.15) is 0 Å². The number of esters is 2. The molecular weight excluding hydrogens is 1720 g/mol. The Labute approximate surface area is 806 Å². The molecule has 0 bridgehead atoms. The Kier molecular flexibility index (Phi) is 38.2. The summed E-state index contributed by atoms with van der Waals surface area (Å²) in [5.41, 5.74) is 19.0. The van der Waals surface area contributed by atoms with Crippen LogP contribution >= 0.6 is 0 Å². The molecule has 4 aliphatic rings. The number of non-ortho nitro benzene ring substituents is 4. The van der Waals surface area contributed by atoms with Crippen LogP contribution in [0.15, 0.2) is 182 Å². The number of rotatable bonds is 24. The molecular formula is C94H111Al2Li2N11O23. The second kappa shape index (κ2) is 47.2. The number of hydrogen-bond donors (Lipinski definition) is 12. The number of hydrogen-bond acceptors (Lipinski definition) is 23. The van der Waals surface area contributed by atoms with Crippen LogP contribution in [-0.2, 0) is 45.9 Å². The molecule has 0 spiro atoms. The predicted octanol–water partition coefficient (Wildman–Crippen LogP) is 9.54. The molecule has 8 heterocycles. The number of nitrogen functional groups attached to an aromatic ring is 1. The summed E-state index contributed by atoms with van der Waals surface area (Å²) < 4.78 is 31.2. The quantitative estimate of drug-likeness (QED) is 0.00880. The van der Waals surface area contributed by atoms with Gasteiger partial charge >= 0.3 is 55.6 Å². The number of aromatic amines is 6. The van der Waals surface area contributed by atoms with E-state index in [1.165, 1.54) is 48.5 Å². The van der Waals surface area contributed by atoms with E-state index < -0.39 is 42.9 Å². The summed E-state index contributed by atoms with van der Waals surface area (Å²) >= 11 is 0. The number of aliphatic carboxylic acids is 1. The molecule has 2 saturated carbocycles. The van der Waals surface area contributed by atoms with E-state index in [1.54, 1.807) is 76.2 Å². The fourth-order valence-corrected chi connectivity index (χ4v) is 14.6. The average molecular weight is 1830 g/mol. The first-order chi connectivity index (χ1) is 60.8. The normalized spacial score (nSPS) is 14.1.